The van der Waals surface area contributed by atoms with E-state index in [9.17, 15) is 4.79 Å². The van der Waals surface area contributed by atoms with Crippen LogP contribution in [0.5, 0.6) is 0 Å². The Bertz CT molecular complexity index is 1170. The summed E-state index contributed by atoms with van der Waals surface area (Å²) in [5, 5.41) is 12.4. The summed E-state index contributed by atoms with van der Waals surface area (Å²) in [4.78, 5) is 12.5. The van der Waals surface area contributed by atoms with Crippen LogP contribution in [-0.4, -0.2) is 20.9 Å². The van der Waals surface area contributed by atoms with Gasteiger partial charge >= 0.3 is 0 Å². The Balaban J connectivity index is 1.55. The number of amides is 1. The number of hydrogen-bond acceptors (Lipinski definition) is 3. The van der Waals surface area contributed by atoms with Gasteiger partial charge in [0.05, 0.1) is 17.6 Å². The molecule has 0 saturated carbocycles. The molecular weight excluding hydrogens is 407 g/mol. The van der Waals surface area contributed by atoms with E-state index in [1.54, 1.807) is 35.1 Å². The third kappa shape index (κ3) is 4.16. The number of aryl methyl sites for hydroxylation is 1. The van der Waals surface area contributed by atoms with E-state index in [0.717, 1.165) is 22.5 Å². The molecule has 4 rings (SSSR count). The van der Waals surface area contributed by atoms with Crippen LogP contribution in [0.15, 0.2) is 72.9 Å². The maximum Gasteiger partial charge on any atom is 0.255 e. The van der Waals surface area contributed by atoms with E-state index in [4.69, 9.17) is 23.2 Å². The number of hydrogen-bond donors (Lipinski definition) is 1. The molecule has 1 N–H and O–H groups in total. The molecule has 0 atom stereocenters. The van der Waals surface area contributed by atoms with Crippen molar-refractivity contribution in [3.8, 4) is 16.9 Å². The molecular formula is C22H16Cl2N4O. The Labute approximate surface area is 177 Å². The average molecular weight is 423 g/mol. The first-order chi connectivity index (χ1) is 14.0. The summed E-state index contributed by atoms with van der Waals surface area (Å²) < 4.78 is 1.72. The largest absolute Gasteiger partial charge is 0.322 e. The number of anilines is 1. The standard InChI is InChI=1S/C22H16Cl2N4O/c1-14-12-18(8-11-20(14)24)26-22(29)16-4-9-19(10-5-16)28-21(13-25-27-28)15-2-6-17(23)7-3-15/h2-13H,1H3,(H,26,29). The fourth-order valence-corrected chi connectivity index (χ4v) is 3.17. The summed E-state index contributed by atoms with van der Waals surface area (Å²) in [5.41, 5.74) is 4.71. The molecule has 1 aromatic heterocycles. The molecule has 0 bridgehead atoms. The minimum atomic E-state index is -0.199. The molecule has 1 amide bonds. The number of rotatable bonds is 4. The van der Waals surface area contributed by atoms with Gasteiger partial charge in [-0.2, -0.15) is 0 Å². The van der Waals surface area contributed by atoms with Gasteiger partial charge in [0.1, 0.15) is 0 Å². The van der Waals surface area contributed by atoms with Crippen LogP contribution in [0.25, 0.3) is 16.9 Å². The van der Waals surface area contributed by atoms with Crippen LogP contribution in [-0.2, 0) is 0 Å². The minimum Gasteiger partial charge on any atom is -0.322 e. The predicted octanol–water partition coefficient (Wildman–Crippen LogP) is 5.80. The zero-order chi connectivity index (χ0) is 20.4. The van der Waals surface area contributed by atoms with Crippen LogP contribution in [0, 0.1) is 6.92 Å². The smallest absolute Gasteiger partial charge is 0.255 e. The van der Waals surface area contributed by atoms with E-state index in [-0.39, 0.29) is 5.91 Å². The second kappa shape index (κ2) is 8.07. The van der Waals surface area contributed by atoms with E-state index < -0.39 is 0 Å². The van der Waals surface area contributed by atoms with Gasteiger partial charge in [-0.3, -0.25) is 4.79 Å². The lowest BCUT2D eigenvalue weighted by Gasteiger charge is -2.09. The molecule has 3 aromatic carbocycles. The highest BCUT2D eigenvalue weighted by molar-refractivity contribution is 6.31. The van der Waals surface area contributed by atoms with Crippen molar-refractivity contribution in [1.82, 2.24) is 15.0 Å². The number of nitrogens with one attached hydrogen (secondary N) is 1. The molecule has 0 unspecified atom stereocenters. The number of aromatic nitrogens is 3. The topological polar surface area (TPSA) is 59.8 Å². The van der Waals surface area contributed by atoms with Crippen molar-refractivity contribution in [1.29, 1.82) is 0 Å². The van der Waals surface area contributed by atoms with Crippen LogP contribution in [0.4, 0.5) is 5.69 Å². The van der Waals surface area contributed by atoms with Crippen LogP contribution in [0.2, 0.25) is 10.0 Å². The average Bonchev–Trinajstić information content (AvgIpc) is 3.21. The third-order valence-corrected chi connectivity index (χ3v) is 5.16. The van der Waals surface area contributed by atoms with Gasteiger partial charge in [-0.15, -0.1) is 5.10 Å². The summed E-state index contributed by atoms with van der Waals surface area (Å²) in [6, 6.07) is 20.0. The molecule has 4 aromatic rings. The van der Waals surface area contributed by atoms with E-state index in [2.05, 4.69) is 15.6 Å². The van der Waals surface area contributed by atoms with Crippen LogP contribution < -0.4 is 5.32 Å². The first-order valence-corrected chi connectivity index (χ1v) is 9.61. The summed E-state index contributed by atoms with van der Waals surface area (Å²) in [7, 11) is 0. The number of carbonyl (C=O) groups excluding carboxylic acids is 1. The summed E-state index contributed by atoms with van der Waals surface area (Å²) in [6.45, 7) is 1.89. The Morgan fingerprint density at radius 2 is 1.69 bits per heavy atom. The minimum absolute atomic E-state index is 0.199. The van der Waals surface area contributed by atoms with Gasteiger partial charge < -0.3 is 5.32 Å². The Morgan fingerprint density at radius 3 is 2.38 bits per heavy atom. The lowest BCUT2D eigenvalue weighted by molar-refractivity contribution is 0.102. The van der Waals surface area contributed by atoms with E-state index in [1.165, 1.54) is 0 Å². The normalized spacial score (nSPS) is 10.7. The lowest BCUT2D eigenvalue weighted by Crippen LogP contribution is -2.12. The molecule has 0 saturated heterocycles. The van der Waals surface area contributed by atoms with Gasteiger partial charge in [0.2, 0.25) is 0 Å². The molecule has 7 heteroatoms. The van der Waals surface area contributed by atoms with Crippen molar-refractivity contribution in [3.05, 3.63) is 94.1 Å². The maximum absolute atomic E-state index is 12.5. The molecule has 29 heavy (non-hydrogen) atoms. The maximum atomic E-state index is 12.5. The third-order valence-electron chi connectivity index (χ3n) is 4.48. The van der Waals surface area contributed by atoms with Crippen molar-refractivity contribution < 1.29 is 4.79 Å². The Hall–Kier alpha value is -3.15. The quantitative estimate of drug-likeness (QED) is 0.451. The molecule has 0 aliphatic carbocycles. The molecule has 144 valence electrons. The van der Waals surface area contributed by atoms with Gasteiger partial charge in [-0.25, -0.2) is 4.68 Å². The zero-order valence-electron chi connectivity index (χ0n) is 15.4. The first-order valence-electron chi connectivity index (χ1n) is 8.86. The zero-order valence-corrected chi connectivity index (χ0v) is 16.9. The number of nitrogens with zero attached hydrogens (tertiary/aromatic N) is 3. The van der Waals surface area contributed by atoms with Crippen molar-refractivity contribution in [2.24, 2.45) is 0 Å². The van der Waals surface area contributed by atoms with E-state index in [0.29, 0.717) is 21.3 Å². The molecule has 0 aliphatic heterocycles. The van der Waals surface area contributed by atoms with E-state index >= 15 is 0 Å². The fourth-order valence-electron chi connectivity index (χ4n) is 2.92. The highest BCUT2D eigenvalue weighted by atomic mass is 35.5. The molecule has 5 nitrogen and oxygen atoms in total. The molecule has 0 radical (unpaired) electrons. The predicted molar refractivity (Wildman–Crippen MR) is 116 cm³/mol. The second-order valence-corrected chi connectivity index (χ2v) is 7.35. The SMILES string of the molecule is Cc1cc(NC(=O)c2ccc(-n3nncc3-c3ccc(Cl)cc3)cc2)ccc1Cl. The molecule has 0 aliphatic rings. The van der Waals surface area contributed by atoms with Gasteiger partial charge in [0, 0.05) is 26.9 Å². The fraction of sp³-hybridized carbons (Fsp3) is 0.0455. The van der Waals surface area contributed by atoms with Crippen LogP contribution in [0.1, 0.15) is 15.9 Å². The van der Waals surface area contributed by atoms with Gasteiger partial charge in [0.15, 0.2) is 0 Å². The number of halogens is 2. The summed E-state index contributed by atoms with van der Waals surface area (Å²) in [6.07, 6.45) is 1.69. The van der Waals surface area contributed by atoms with Crippen molar-refractivity contribution in [2.75, 3.05) is 5.32 Å². The highest BCUT2D eigenvalue weighted by Crippen LogP contribution is 2.24. The van der Waals surface area contributed by atoms with Gasteiger partial charge in [-0.1, -0.05) is 40.5 Å². The Kier molecular flexibility index (Phi) is 5.34. The highest BCUT2D eigenvalue weighted by Gasteiger charge is 2.11. The van der Waals surface area contributed by atoms with Crippen molar-refractivity contribution >= 4 is 34.8 Å². The van der Waals surface area contributed by atoms with E-state index in [1.807, 2.05) is 49.4 Å². The van der Waals surface area contributed by atoms with Crippen LogP contribution in [0.3, 0.4) is 0 Å². The number of benzene rings is 3. The van der Waals surface area contributed by atoms with Crippen molar-refractivity contribution in [3.63, 3.8) is 0 Å². The Morgan fingerprint density at radius 1 is 0.966 bits per heavy atom. The summed E-state index contributed by atoms with van der Waals surface area (Å²) >= 11 is 12.0. The monoisotopic (exact) mass is 422 g/mol. The molecule has 1 heterocycles. The van der Waals surface area contributed by atoms with Gasteiger partial charge in [0.25, 0.3) is 5.91 Å². The molecule has 0 spiro atoms. The van der Waals surface area contributed by atoms with Gasteiger partial charge in [-0.05, 0) is 67.1 Å². The first kappa shape index (κ1) is 19.2. The molecule has 0 fully saturated rings. The lowest BCUT2D eigenvalue weighted by atomic mass is 10.1. The van der Waals surface area contributed by atoms with Crippen LogP contribution >= 0.6 is 23.2 Å². The van der Waals surface area contributed by atoms with Crippen molar-refractivity contribution in [2.45, 2.75) is 6.92 Å². The summed E-state index contributed by atoms with van der Waals surface area (Å²) in [5.74, 6) is -0.199. The number of carbonyl (C=O) groups is 1. The second-order valence-electron chi connectivity index (χ2n) is 6.50.